The molecule has 2 heterocycles. The van der Waals surface area contributed by atoms with Gasteiger partial charge in [0.15, 0.2) is 0 Å². The van der Waals surface area contributed by atoms with E-state index in [9.17, 15) is 4.79 Å². The molecule has 0 unspecified atom stereocenters. The normalized spacial score (nSPS) is 9.56. The number of carbonyl (C=O) groups excluding carboxylic acids is 1. The number of nitrogens with one attached hydrogen (secondary N) is 1. The van der Waals surface area contributed by atoms with E-state index in [4.69, 9.17) is 5.26 Å². The summed E-state index contributed by atoms with van der Waals surface area (Å²) in [4.78, 5) is 19.9. The molecule has 0 atom stereocenters. The van der Waals surface area contributed by atoms with E-state index in [1.54, 1.807) is 37.4 Å². The molecule has 0 radical (unpaired) electrons. The van der Waals surface area contributed by atoms with Crippen LogP contribution >= 0.6 is 0 Å². The highest BCUT2D eigenvalue weighted by atomic mass is 16.1. The molecular weight excluding hydrogens is 228 g/mol. The minimum Gasteiger partial charge on any atom is -0.305 e. The molecule has 0 aliphatic heterocycles. The van der Waals surface area contributed by atoms with Crippen molar-refractivity contribution in [2.24, 2.45) is 0 Å². The summed E-state index contributed by atoms with van der Waals surface area (Å²) in [5, 5.41) is 11.4. The quantitative estimate of drug-likeness (QED) is 0.866. The lowest BCUT2D eigenvalue weighted by atomic mass is 10.2. The highest BCUT2D eigenvalue weighted by Crippen LogP contribution is 2.08. The summed E-state index contributed by atoms with van der Waals surface area (Å²) in [6.45, 7) is 1.69. The molecule has 0 aliphatic rings. The Hall–Kier alpha value is -2.74. The van der Waals surface area contributed by atoms with Crippen LogP contribution in [-0.4, -0.2) is 15.9 Å². The number of rotatable bonds is 2. The maximum Gasteiger partial charge on any atom is 0.275 e. The number of nitriles is 1. The van der Waals surface area contributed by atoms with E-state index in [-0.39, 0.29) is 11.6 Å². The van der Waals surface area contributed by atoms with Crippen molar-refractivity contribution in [1.82, 2.24) is 9.97 Å². The van der Waals surface area contributed by atoms with Crippen LogP contribution in [0, 0.1) is 18.3 Å². The second kappa shape index (κ2) is 5.06. The van der Waals surface area contributed by atoms with Crippen LogP contribution < -0.4 is 5.32 Å². The Morgan fingerprint density at radius 1 is 1.33 bits per heavy atom. The summed E-state index contributed by atoms with van der Waals surface area (Å²) < 4.78 is 0. The summed E-state index contributed by atoms with van der Waals surface area (Å²) in [5.74, 6) is 0.118. The molecule has 2 aromatic rings. The van der Waals surface area contributed by atoms with Crippen LogP contribution in [0.3, 0.4) is 0 Å². The first-order chi connectivity index (χ1) is 8.70. The first kappa shape index (κ1) is 11.7. The summed E-state index contributed by atoms with van der Waals surface area (Å²) >= 11 is 0. The Bertz CT molecular complexity index is 617. The van der Waals surface area contributed by atoms with E-state index >= 15 is 0 Å². The van der Waals surface area contributed by atoms with Crippen LogP contribution in [-0.2, 0) is 0 Å². The number of aromatic nitrogens is 2. The summed E-state index contributed by atoms with van der Waals surface area (Å²) in [7, 11) is 0. The minimum absolute atomic E-state index is 0.261. The standard InChI is InChI=1S/C13H10N4O/c1-9-10(8-14)5-6-11(16-9)13(18)17-12-4-2-3-7-15-12/h2-7H,1H3,(H,15,17,18). The summed E-state index contributed by atoms with van der Waals surface area (Å²) in [6.07, 6.45) is 1.59. The second-order valence-corrected chi connectivity index (χ2v) is 3.61. The molecule has 2 aromatic heterocycles. The van der Waals surface area contributed by atoms with Crippen molar-refractivity contribution in [3.05, 3.63) is 53.5 Å². The average Bonchev–Trinajstić information content (AvgIpc) is 2.39. The molecule has 88 valence electrons. The van der Waals surface area contributed by atoms with Gasteiger partial charge in [-0.25, -0.2) is 9.97 Å². The molecule has 0 saturated carbocycles. The van der Waals surface area contributed by atoms with Crippen LogP contribution in [0.4, 0.5) is 5.82 Å². The average molecular weight is 238 g/mol. The van der Waals surface area contributed by atoms with Gasteiger partial charge in [-0.1, -0.05) is 6.07 Å². The van der Waals surface area contributed by atoms with E-state index in [0.717, 1.165) is 0 Å². The van der Waals surface area contributed by atoms with Crippen LogP contribution in [0.25, 0.3) is 0 Å². The number of amides is 1. The predicted octanol–water partition coefficient (Wildman–Crippen LogP) is 1.91. The van der Waals surface area contributed by atoms with Crippen LogP contribution in [0.1, 0.15) is 21.7 Å². The lowest BCUT2D eigenvalue weighted by molar-refractivity contribution is 0.102. The van der Waals surface area contributed by atoms with Gasteiger partial charge in [0.05, 0.1) is 11.3 Å². The predicted molar refractivity (Wildman–Crippen MR) is 65.9 cm³/mol. The lowest BCUT2D eigenvalue weighted by Gasteiger charge is -2.04. The van der Waals surface area contributed by atoms with Crippen molar-refractivity contribution >= 4 is 11.7 Å². The van der Waals surface area contributed by atoms with Gasteiger partial charge >= 0.3 is 0 Å². The molecule has 0 saturated heterocycles. The highest BCUT2D eigenvalue weighted by Gasteiger charge is 2.09. The molecule has 5 nitrogen and oxygen atoms in total. The van der Waals surface area contributed by atoms with Crippen LogP contribution in [0.5, 0.6) is 0 Å². The van der Waals surface area contributed by atoms with Crippen molar-refractivity contribution < 1.29 is 4.79 Å². The number of hydrogen-bond donors (Lipinski definition) is 1. The van der Waals surface area contributed by atoms with Gasteiger partial charge in [-0.3, -0.25) is 4.79 Å². The Labute approximate surface area is 104 Å². The molecule has 0 spiro atoms. The third-order valence-corrected chi connectivity index (χ3v) is 2.35. The van der Waals surface area contributed by atoms with E-state index in [2.05, 4.69) is 15.3 Å². The molecule has 5 heteroatoms. The SMILES string of the molecule is Cc1nc(C(=O)Nc2ccccn2)ccc1C#N. The highest BCUT2D eigenvalue weighted by molar-refractivity contribution is 6.02. The molecule has 1 N–H and O–H groups in total. The van der Waals surface area contributed by atoms with Gasteiger partial charge in [0.2, 0.25) is 0 Å². The molecule has 0 fully saturated rings. The van der Waals surface area contributed by atoms with Gasteiger partial charge in [0.1, 0.15) is 17.6 Å². The molecule has 0 aliphatic carbocycles. The molecule has 18 heavy (non-hydrogen) atoms. The monoisotopic (exact) mass is 238 g/mol. The van der Waals surface area contributed by atoms with Crippen molar-refractivity contribution in [3.63, 3.8) is 0 Å². The zero-order valence-electron chi connectivity index (χ0n) is 9.71. The van der Waals surface area contributed by atoms with Crippen molar-refractivity contribution in [2.45, 2.75) is 6.92 Å². The van der Waals surface area contributed by atoms with Crippen LogP contribution in [0.15, 0.2) is 36.5 Å². The minimum atomic E-state index is -0.346. The van der Waals surface area contributed by atoms with Crippen molar-refractivity contribution in [1.29, 1.82) is 5.26 Å². The number of pyridine rings is 2. The molecular formula is C13H10N4O. The number of hydrogen-bond acceptors (Lipinski definition) is 4. The smallest absolute Gasteiger partial charge is 0.275 e. The zero-order valence-corrected chi connectivity index (χ0v) is 9.71. The third kappa shape index (κ3) is 2.50. The van der Waals surface area contributed by atoms with Crippen molar-refractivity contribution in [3.8, 4) is 6.07 Å². The van der Waals surface area contributed by atoms with Gasteiger partial charge in [-0.2, -0.15) is 5.26 Å². The molecule has 0 bridgehead atoms. The van der Waals surface area contributed by atoms with Crippen molar-refractivity contribution in [2.75, 3.05) is 5.32 Å². The fourth-order valence-electron chi connectivity index (χ4n) is 1.42. The fourth-order valence-corrected chi connectivity index (χ4v) is 1.42. The maximum absolute atomic E-state index is 11.9. The lowest BCUT2D eigenvalue weighted by Crippen LogP contribution is -2.15. The zero-order chi connectivity index (χ0) is 13.0. The topological polar surface area (TPSA) is 78.7 Å². The van der Waals surface area contributed by atoms with Gasteiger partial charge in [0, 0.05) is 6.20 Å². The number of aryl methyl sites for hydroxylation is 1. The Balaban J connectivity index is 2.20. The van der Waals surface area contributed by atoms with Gasteiger partial charge in [-0.05, 0) is 31.2 Å². The van der Waals surface area contributed by atoms with E-state index < -0.39 is 0 Å². The van der Waals surface area contributed by atoms with Crippen LogP contribution in [0.2, 0.25) is 0 Å². The summed E-state index contributed by atoms with van der Waals surface area (Å²) in [6, 6.07) is 10.3. The maximum atomic E-state index is 11.9. The van der Waals surface area contributed by atoms with Gasteiger partial charge < -0.3 is 5.32 Å². The molecule has 1 amide bonds. The number of nitrogens with zero attached hydrogens (tertiary/aromatic N) is 3. The first-order valence-corrected chi connectivity index (χ1v) is 5.31. The summed E-state index contributed by atoms with van der Waals surface area (Å²) in [5.41, 5.74) is 1.26. The Morgan fingerprint density at radius 3 is 2.78 bits per heavy atom. The van der Waals surface area contributed by atoms with Gasteiger partial charge in [-0.15, -0.1) is 0 Å². The Kier molecular flexibility index (Phi) is 3.30. The first-order valence-electron chi connectivity index (χ1n) is 5.31. The second-order valence-electron chi connectivity index (χ2n) is 3.61. The van der Waals surface area contributed by atoms with E-state index in [0.29, 0.717) is 17.1 Å². The van der Waals surface area contributed by atoms with E-state index in [1.165, 1.54) is 6.07 Å². The third-order valence-electron chi connectivity index (χ3n) is 2.35. The van der Waals surface area contributed by atoms with E-state index in [1.807, 2.05) is 6.07 Å². The fraction of sp³-hybridized carbons (Fsp3) is 0.0769. The molecule has 2 rings (SSSR count). The largest absolute Gasteiger partial charge is 0.305 e. The van der Waals surface area contributed by atoms with Gasteiger partial charge in [0.25, 0.3) is 5.91 Å². The number of anilines is 1. The molecule has 0 aromatic carbocycles. The Morgan fingerprint density at radius 2 is 2.17 bits per heavy atom. The number of carbonyl (C=O) groups is 1.